The lowest BCUT2D eigenvalue weighted by atomic mass is 9.97. The second-order valence-electron chi connectivity index (χ2n) is 7.02. The molecule has 25 heavy (non-hydrogen) atoms. The van der Waals surface area contributed by atoms with Crippen molar-refractivity contribution in [2.75, 3.05) is 13.6 Å². The number of nitrogens with zero attached hydrogens (tertiary/aromatic N) is 1. The maximum Gasteiger partial charge on any atom is 0.307 e. The number of nitrogens with one attached hydrogen (secondary N) is 1. The summed E-state index contributed by atoms with van der Waals surface area (Å²) >= 11 is 6.13. The largest absolute Gasteiger partial charge is 0.481 e. The van der Waals surface area contributed by atoms with Crippen LogP contribution < -0.4 is 5.32 Å². The van der Waals surface area contributed by atoms with E-state index in [2.05, 4.69) is 5.32 Å². The van der Waals surface area contributed by atoms with E-state index in [0.717, 1.165) is 5.56 Å². The Kier molecular flexibility index (Phi) is 8.93. The molecule has 2 N–H and O–H groups in total. The van der Waals surface area contributed by atoms with Crippen molar-refractivity contribution in [3.63, 3.8) is 0 Å². The summed E-state index contributed by atoms with van der Waals surface area (Å²) in [5.41, 5.74) is 0.906. The molecule has 0 heterocycles. The lowest BCUT2D eigenvalue weighted by Crippen LogP contribution is -2.38. The first-order valence-electron chi connectivity index (χ1n) is 8.64. The van der Waals surface area contributed by atoms with Gasteiger partial charge >= 0.3 is 5.97 Å². The number of carbonyl (C=O) groups is 2. The third kappa shape index (κ3) is 7.88. The summed E-state index contributed by atoms with van der Waals surface area (Å²) in [6.45, 7) is 6.74. The van der Waals surface area contributed by atoms with Crippen molar-refractivity contribution in [1.82, 2.24) is 10.2 Å². The van der Waals surface area contributed by atoms with Crippen LogP contribution in [-0.4, -0.2) is 41.5 Å². The monoisotopic (exact) mass is 368 g/mol. The highest BCUT2D eigenvalue weighted by atomic mass is 35.5. The minimum Gasteiger partial charge on any atom is -0.481 e. The van der Waals surface area contributed by atoms with Gasteiger partial charge in [-0.1, -0.05) is 43.6 Å². The van der Waals surface area contributed by atoms with Crippen molar-refractivity contribution in [2.24, 2.45) is 11.8 Å². The van der Waals surface area contributed by atoms with Crippen molar-refractivity contribution in [3.8, 4) is 0 Å². The zero-order valence-corrected chi connectivity index (χ0v) is 16.2. The summed E-state index contributed by atoms with van der Waals surface area (Å²) in [6.07, 6.45) is 0.935. The second kappa shape index (κ2) is 10.4. The lowest BCUT2D eigenvalue weighted by Gasteiger charge is -2.22. The smallest absolute Gasteiger partial charge is 0.307 e. The first-order chi connectivity index (χ1) is 11.7. The number of carboxylic acid groups (broad SMARTS) is 1. The molecule has 0 saturated carbocycles. The first kappa shape index (κ1) is 21.5. The Morgan fingerprint density at radius 3 is 2.44 bits per heavy atom. The molecule has 0 aliphatic rings. The van der Waals surface area contributed by atoms with Gasteiger partial charge in [-0.3, -0.25) is 9.59 Å². The number of hydrogen-bond donors (Lipinski definition) is 2. The Labute approximate surface area is 155 Å². The van der Waals surface area contributed by atoms with E-state index in [9.17, 15) is 14.7 Å². The van der Waals surface area contributed by atoms with Gasteiger partial charge in [0.2, 0.25) is 5.91 Å². The molecule has 5 nitrogen and oxygen atoms in total. The zero-order valence-electron chi connectivity index (χ0n) is 15.5. The van der Waals surface area contributed by atoms with Crippen molar-refractivity contribution < 1.29 is 14.7 Å². The predicted molar refractivity (Wildman–Crippen MR) is 101 cm³/mol. The number of halogens is 1. The topological polar surface area (TPSA) is 69.6 Å². The molecule has 0 fully saturated rings. The van der Waals surface area contributed by atoms with Crippen LogP contribution in [0.15, 0.2) is 24.3 Å². The molecule has 1 amide bonds. The molecule has 2 unspecified atom stereocenters. The van der Waals surface area contributed by atoms with Gasteiger partial charge < -0.3 is 15.3 Å². The average Bonchev–Trinajstić information content (AvgIpc) is 2.52. The van der Waals surface area contributed by atoms with E-state index in [1.807, 2.05) is 39.0 Å². The summed E-state index contributed by atoms with van der Waals surface area (Å²) in [7, 11) is 1.75. The number of aliphatic carboxylic acids is 1. The zero-order chi connectivity index (χ0) is 19.0. The van der Waals surface area contributed by atoms with Crippen LogP contribution >= 0.6 is 11.6 Å². The molecule has 0 bridgehead atoms. The van der Waals surface area contributed by atoms with E-state index < -0.39 is 11.9 Å². The number of hydrogen-bond acceptors (Lipinski definition) is 3. The highest BCUT2D eigenvalue weighted by Gasteiger charge is 2.21. The molecule has 6 heteroatoms. The average molecular weight is 369 g/mol. The van der Waals surface area contributed by atoms with Gasteiger partial charge in [-0.2, -0.15) is 0 Å². The second-order valence-corrected chi connectivity index (χ2v) is 7.43. The van der Waals surface area contributed by atoms with E-state index in [0.29, 0.717) is 36.9 Å². The van der Waals surface area contributed by atoms with Crippen molar-refractivity contribution in [1.29, 1.82) is 0 Å². The highest BCUT2D eigenvalue weighted by molar-refractivity contribution is 6.31. The lowest BCUT2D eigenvalue weighted by molar-refractivity contribution is -0.142. The fourth-order valence-electron chi connectivity index (χ4n) is 2.64. The minimum atomic E-state index is -0.796. The van der Waals surface area contributed by atoms with Gasteiger partial charge in [-0.05, 0) is 30.9 Å². The highest BCUT2D eigenvalue weighted by Crippen LogP contribution is 2.17. The Hall–Kier alpha value is -1.59. The minimum absolute atomic E-state index is 0.00402. The van der Waals surface area contributed by atoms with Gasteiger partial charge in [0, 0.05) is 37.6 Å². The molecule has 1 aromatic rings. The predicted octanol–water partition coefficient (Wildman–Crippen LogP) is 3.41. The van der Waals surface area contributed by atoms with Gasteiger partial charge in [0.1, 0.15) is 0 Å². The molecule has 0 saturated heterocycles. The Balaban J connectivity index is 2.47. The number of amides is 1. The first-order valence-corrected chi connectivity index (χ1v) is 9.02. The normalized spacial score (nSPS) is 13.5. The van der Waals surface area contributed by atoms with Crippen LogP contribution in [0.5, 0.6) is 0 Å². The van der Waals surface area contributed by atoms with Gasteiger partial charge in [0.25, 0.3) is 0 Å². The van der Waals surface area contributed by atoms with Gasteiger partial charge in [0.15, 0.2) is 0 Å². The maximum absolute atomic E-state index is 12.4. The van der Waals surface area contributed by atoms with E-state index in [1.54, 1.807) is 18.0 Å². The van der Waals surface area contributed by atoms with Crippen molar-refractivity contribution >= 4 is 23.5 Å². The van der Waals surface area contributed by atoms with E-state index >= 15 is 0 Å². The molecule has 2 atom stereocenters. The molecule has 1 aromatic carbocycles. The van der Waals surface area contributed by atoms with Gasteiger partial charge in [-0.15, -0.1) is 0 Å². The van der Waals surface area contributed by atoms with Crippen LogP contribution in [-0.2, 0) is 16.1 Å². The van der Waals surface area contributed by atoms with Crippen LogP contribution in [0.1, 0.15) is 39.2 Å². The number of benzene rings is 1. The summed E-state index contributed by atoms with van der Waals surface area (Å²) in [4.78, 5) is 25.3. The third-order valence-electron chi connectivity index (χ3n) is 4.09. The molecule has 0 spiro atoms. The van der Waals surface area contributed by atoms with E-state index in [1.165, 1.54) is 0 Å². The Morgan fingerprint density at radius 2 is 1.88 bits per heavy atom. The summed E-state index contributed by atoms with van der Waals surface area (Å²) in [6, 6.07) is 7.37. The van der Waals surface area contributed by atoms with Crippen LogP contribution in [0.25, 0.3) is 0 Å². The van der Waals surface area contributed by atoms with Gasteiger partial charge in [-0.25, -0.2) is 0 Å². The molecule has 0 aliphatic heterocycles. The fraction of sp³-hybridized carbons (Fsp3) is 0.579. The summed E-state index contributed by atoms with van der Waals surface area (Å²) in [5, 5.41) is 13.1. The van der Waals surface area contributed by atoms with Crippen LogP contribution in [0, 0.1) is 11.8 Å². The molecule has 0 aliphatic carbocycles. The Morgan fingerprint density at radius 1 is 1.24 bits per heavy atom. The van der Waals surface area contributed by atoms with E-state index in [4.69, 9.17) is 11.6 Å². The number of carboxylic acids is 1. The van der Waals surface area contributed by atoms with Crippen LogP contribution in [0.2, 0.25) is 5.02 Å². The quantitative estimate of drug-likeness (QED) is 0.664. The van der Waals surface area contributed by atoms with Crippen molar-refractivity contribution in [3.05, 3.63) is 34.9 Å². The van der Waals surface area contributed by atoms with Crippen LogP contribution in [0.4, 0.5) is 0 Å². The number of carbonyl (C=O) groups excluding carboxylic acids is 1. The summed E-state index contributed by atoms with van der Waals surface area (Å²) in [5.74, 6) is -0.911. The molecule has 1 rings (SSSR count). The van der Waals surface area contributed by atoms with Crippen LogP contribution in [0.3, 0.4) is 0 Å². The molecular weight excluding hydrogens is 340 g/mol. The van der Waals surface area contributed by atoms with E-state index in [-0.39, 0.29) is 11.9 Å². The standard InChI is InChI=1S/C19H29ClN2O3/c1-13(2)9-16(19(24)25)11-21-14(3)10-18(23)22(4)12-15-7-5-6-8-17(15)20/h5-8,13-14,16,21H,9-12H2,1-4H3,(H,24,25). The molecule has 140 valence electrons. The SMILES string of the molecule is CC(C)CC(CNC(C)CC(=O)N(C)Cc1ccccc1Cl)C(=O)O. The molecule has 0 radical (unpaired) electrons. The maximum atomic E-state index is 12.4. The Bertz CT molecular complexity index is 578. The molecular formula is C19H29ClN2O3. The third-order valence-corrected chi connectivity index (χ3v) is 4.46. The van der Waals surface area contributed by atoms with Crippen molar-refractivity contribution in [2.45, 2.75) is 46.2 Å². The number of rotatable bonds is 10. The van der Waals surface area contributed by atoms with Gasteiger partial charge in [0.05, 0.1) is 5.92 Å². The fourth-order valence-corrected chi connectivity index (χ4v) is 2.84. The summed E-state index contributed by atoms with van der Waals surface area (Å²) < 4.78 is 0. The molecule has 0 aromatic heterocycles.